The molecular weight excluding hydrogens is 375 g/mol. The average molecular weight is 414 g/mol. The van der Waals surface area contributed by atoms with Gasteiger partial charge in [0.05, 0.1) is 18.6 Å². The molecule has 0 saturated carbocycles. The molecule has 0 aromatic rings. The maximum Gasteiger partial charge on any atom is 0.396 e. The van der Waals surface area contributed by atoms with Crippen molar-refractivity contribution in [2.24, 2.45) is 5.41 Å². The molecule has 28 heavy (non-hydrogen) atoms. The van der Waals surface area contributed by atoms with Crippen LogP contribution in [0.1, 0.15) is 62.3 Å². The van der Waals surface area contributed by atoms with Crippen molar-refractivity contribution in [1.82, 2.24) is 4.90 Å². The highest BCUT2D eigenvalue weighted by molar-refractivity contribution is 7.76. The molecule has 0 atom stereocenters. The Kier molecular flexibility index (Phi) is 8.46. The number of nitrogens with zero attached hydrogens (tertiary/aromatic N) is 2. The van der Waals surface area contributed by atoms with Gasteiger partial charge in [0.1, 0.15) is 0 Å². The highest BCUT2D eigenvalue weighted by Gasteiger charge is 2.56. The standard InChI is InChI=1S/C21H38N2O4P/c1-11-25-28(24,26-12-2)19(20(4,5)6)23(21(7,8)9)27-17(3)18-13-15-22(10)16-14-18/h13-16H,11-12H2,1-10H3/q+1. The third-order valence-electron chi connectivity index (χ3n) is 3.94. The van der Waals surface area contributed by atoms with Crippen LogP contribution in [0.3, 0.4) is 0 Å². The van der Waals surface area contributed by atoms with Crippen molar-refractivity contribution in [2.75, 3.05) is 20.3 Å². The Labute approximate surface area is 171 Å². The van der Waals surface area contributed by atoms with Crippen molar-refractivity contribution in [2.45, 2.75) is 67.9 Å². The summed E-state index contributed by atoms with van der Waals surface area (Å²) in [7, 11) is -1.59. The van der Waals surface area contributed by atoms with Crippen LogP contribution in [-0.4, -0.2) is 40.9 Å². The van der Waals surface area contributed by atoms with Gasteiger partial charge >= 0.3 is 13.4 Å². The van der Waals surface area contributed by atoms with Crippen molar-refractivity contribution in [3.8, 4) is 0 Å². The van der Waals surface area contributed by atoms with E-state index in [1.165, 1.54) is 0 Å². The molecule has 0 saturated heterocycles. The van der Waals surface area contributed by atoms with Crippen LogP contribution in [-0.2, 0) is 13.9 Å². The van der Waals surface area contributed by atoms with Gasteiger partial charge in [-0.05, 0) is 46.8 Å². The molecule has 6 nitrogen and oxygen atoms in total. The predicted molar refractivity (Wildman–Crippen MR) is 114 cm³/mol. The molecular formula is C21H38N2O4P+. The second-order valence-corrected chi connectivity index (χ2v) is 10.7. The van der Waals surface area contributed by atoms with Crippen LogP contribution in [0.5, 0.6) is 0 Å². The molecule has 0 aromatic heterocycles. The summed E-state index contributed by atoms with van der Waals surface area (Å²) in [6.07, 6.45) is 7.89. The van der Waals surface area contributed by atoms with Crippen LogP contribution >= 0.6 is 7.94 Å². The van der Waals surface area contributed by atoms with Gasteiger partial charge in [0.15, 0.2) is 5.76 Å². The fourth-order valence-corrected chi connectivity index (χ4v) is 5.13. The number of hydrogen-bond donors (Lipinski definition) is 0. The smallest absolute Gasteiger partial charge is 0.396 e. The largest absolute Gasteiger partial charge is 0.623 e. The van der Waals surface area contributed by atoms with Gasteiger partial charge in [0.2, 0.25) is 5.54 Å². The van der Waals surface area contributed by atoms with Crippen LogP contribution in [0.4, 0.5) is 0 Å². The SMILES string of the molecule is CCO[P+]([O-])(OCC)C(=[N+](OC(C)=C1C=CN(C)C=C1)C(C)(C)C)C(C)(C)C. The molecule has 0 radical (unpaired) electrons. The summed E-state index contributed by atoms with van der Waals surface area (Å²) in [4.78, 5) is 22.1. The van der Waals surface area contributed by atoms with E-state index in [9.17, 15) is 4.89 Å². The maximum atomic E-state index is 13.8. The summed E-state index contributed by atoms with van der Waals surface area (Å²) in [5.41, 5.74) is 0.476. The van der Waals surface area contributed by atoms with Gasteiger partial charge in [0, 0.05) is 57.5 Å². The first-order chi connectivity index (χ1) is 12.8. The van der Waals surface area contributed by atoms with Crippen LogP contribution in [0.15, 0.2) is 35.9 Å². The highest BCUT2D eigenvalue weighted by atomic mass is 31.2. The molecule has 0 aromatic carbocycles. The molecule has 0 unspecified atom stereocenters. The van der Waals surface area contributed by atoms with E-state index in [0.29, 0.717) is 11.2 Å². The minimum Gasteiger partial charge on any atom is -0.623 e. The Morgan fingerprint density at radius 1 is 1.04 bits per heavy atom. The van der Waals surface area contributed by atoms with Crippen molar-refractivity contribution in [1.29, 1.82) is 0 Å². The Hall–Kier alpha value is -1.20. The van der Waals surface area contributed by atoms with Crippen molar-refractivity contribution in [3.63, 3.8) is 0 Å². The molecule has 0 N–H and O–H groups in total. The van der Waals surface area contributed by atoms with E-state index in [4.69, 9.17) is 13.9 Å². The molecule has 0 aliphatic carbocycles. The van der Waals surface area contributed by atoms with E-state index in [1.54, 1.807) is 4.74 Å². The second-order valence-electron chi connectivity index (χ2n) is 8.77. The lowest BCUT2D eigenvalue weighted by atomic mass is 9.97. The van der Waals surface area contributed by atoms with Crippen molar-refractivity contribution >= 4 is 13.4 Å². The molecule has 7 heteroatoms. The number of rotatable bonds is 7. The van der Waals surface area contributed by atoms with Gasteiger partial charge in [-0.25, -0.2) is 4.84 Å². The van der Waals surface area contributed by atoms with Gasteiger partial charge in [-0.2, -0.15) is 9.05 Å². The normalized spacial score (nSPS) is 16.4. The zero-order chi connectivity index (χ0) is 21.8. The molecule has 160 valence electrons. The third-order valence-corrected chi connectivity index (χ3v) is 6.51. The Bertz CT molecular complexity index is 645. The predicted octanol–water partition coefficient (Wildman–Crippen LogP) is 4.62. The molecule has 0 spiro atoms. The minimum atomic E-state index is -3.56. The van der Waals surface area contributed by atoms with Crippen LogP contribution in [0.2, 0.25) is 0 Å². The zero-order valence-corrected chi connectivity index (χ0v) is 20.1. The van der Waals surface area contributed by atoms with Crippen molar-refractivity contribution < 1.29 is 23.5 Å². The van der Waals surface area contributed by atoms with Crippen LogP contribution < -0.4 is 4.89 Å². The van der Waals surface area contributed by atoms with Gasteiger partial charge in [0.25, 0.3) is 0 Å². The van der Waals surface area contributed by atoms with E-state index < -0.39 is 18.9 Å². The summed E-state index contributed by atoms with van der Waals surface area (Å²) in [5, 5.41) is 0. The second kappa shape index (κ2) is 9.53. The lowest BCUT2D eigenvalue weighted by molar-refractivity contribution is -0.819. The quantitative estimate of drug-likeness (QED) is 0.200. The third kappa shape index (κ3) is 6.41. The minimum absolute atomic E-state index is 0.284. The molecule has 1 heterocycles. The molecule has 0 fully saturated rings. The molecule has 1 rings (SSSR count). The summed E-state index contributed by atoms with van der Waals surface area (Å²) in [6.45, 7) is 18.1. The number of allylic oxidation sites excluding steroid dienone is 4. The summed E-state index contributed by atoms with van der Waals surface area (Å²) in [5.74, 6) is 0.705. The Morgan fingerprint density at radius 3 is 1.86 bits per heavy atom. The lowest BCUT2D eigenvalue weighted by Crippen LogP contribution is -2.46. The van der Waals surface area contributed by atoms with Crippen LogP contribution in [0.25, 0.3) is 0 Å². The van der Waals surface area contributed by atoms with E-state index in [1.807, 2.05) is 98.8 Å². The van der Waals surface area contributed by atoms with E-state index in [-0.39, 0.29) is 13.2 Å². The van der Waals surface area contributed by atoms with Crippen LogP contribution in [0, 0.1) is 5.41 Å². The number of hydrogen-bond acceptors (Lipinski definition) is 5. The topological polar surface area (TPSA) is 57.0 Å². The van der Waals surface area contributed by atoms with E-state index >= 15 is 0 Å². The number of hydroxylamine groups is 1. The monoisotopic (exact) mass is 413 g/mol. The Morgan fingerprint density at radius 2 is 1.50 bits per heavy atom. The van der Waals surface area contributed by atoms with E-state index in [0.717, 1.165) is 5.57 Å². The summed E-state index contributed by atoms with van der Waals surface area (Å²) in [6, 6.07) is 0. The average Bonchev–Trinajstić information content (AvgIpc) is 2.53. The molecule has 1 aliphatic heterocycles. The first kappa shape index (κ1) is 24.8. The lowest BCUT2D eigenvalue weighted by Gasteiger charge is -2.32. The zero-order valence-electron chi connectivity index (χ0n) is 19.2. The molecule has 1 aliphatic rings. The maximum absolute atomic E-state index is 13.8. The summed E-state index contributed by atoms with van der Waals surface area (Å²) < 4.78 is 13.1. The molecule has 0 amide bonds. The van der Waals surface area contributed by atoms with Gasteiger partial charge in [-0.1, -0.05) is 0 Å². The van der Waals surface area contributed by atoms with Gasteiger partial charge in [-0.15, -0.1) is 0 Å². The van der Waals surface area contributed by atoms with Gasteiger partial charge < -0.3 is 9.79 Å². The fourth-order valence-electron chi connectivity index (χ4n) is 2.75. The first-order valence-corrected chi connectivity index (χ1v) is 11.3. The van der Waals surface area contributed by atoms with Gasteiger partial charge in [-0.3, -0.25) is 0 Å². The van der Waals surface area contributed by atoms with Crippen molar-refractivity contribution in [3.05, 3.63) is 35.9 Å². The molecule has 0 bridgehead atoms. The Balaban J connectivity index is 3.66. The highest BCUT2D eigenvalue weighted by Crippen LogP contribution is 2.58. The first-order valence-electron chi connectivity index (χ1n) is 9.80. The summed E-state index contributed by atoms with van der Waals surface area (Å²) >= 11 is 0. The fraction of sp³-hybridized carbons (Fsp3) is 0.667. The van der Waals surface area contributed by atoms with E-state index in [2.05, 4.69) is 0 Å².